The summed E-state index contributed by atoms with van der Waals surface area (Å²) in [5.74, 6) is 0.807. The second kappa shape index (κ2) is 5.68. The van der Waals surface area contributed by atoms with E-state index in [1.54, 1.807) is 0 Å². The van der Waals surface area contributed by atoms with E-state index in [2.05, 4.69) is 46.5 Å². The molecule has 1 atom stereocenters. The van der Waals surface area contributed by atoms with Crippen LogP contribution in [0, 0.1) is 5.92 Å². The number of nitrogens with zero attached hydrogens (tertiary/aromatic N) is 2. The van der Waals surface area contributed by atoms with Crippen LogP contribution in [-0.4, -0.2) is 36.6 Å². The van der Waals surface area contributed by atoms with Crippen LogP contribution in [0.3, 0.4) is 0 Å². The predicted octanol–water partition coefficient (Wildman–Crippen LogP) is 2.28. The van der Waals surface area contributed by atoms with Crippen molar-refractivity contribution in [2.45, 2.75) is 13.0 Å². The zero-order valence-corrected chi connectivity index (χ0v) is 11.5. The first-order valence-electron chi connectivity index (χ1n) is 7.04. The van der Waals surface area contributed by atoms with E-state index >= 15 is 0 Å². The summed E-state index contributed by atoms with van der Waals surface area (Å²) >= 11 is 0. The van der Waals surface area contributed by atoms with E-state index < -0.39 is 0 Å². The molecule has 0 aliphatic carbocycles. The van der Waals surface area contributed by atoms with E-state index in [-0.39, 0.29) is 0 Å². The van der Waals surface area contributed by atoms with Crippen LogP contribution in [0.2, 0.25) is 0 Å². The Kier molecular flexibility index (Phi) is 3.76. The molecule has 0 spiro atoms. The van der Waals surface area contributed by atoms with Crippen molar-refractivity contribution in [2.24, 2.45) is 5.92 Å². The molecule has 0 unspecified atom stereocenters. The van der Waals surface area contributed by atoms with Crippen molar-refractivity contribution in [3.63, 3.8) is 0 Å². The molecule has 1 fully saturated rings. The Hall–Kier alpha value is -1.45. The third-order valence-corrected chi connectivity index (χ3v) is 3.94. The van der Waals surface area contributed by atoms with E-state index in [1.807, 2.05) is 12.4 Å². The van der Waals surface area contributed by atoms with E-state index in [9.17, 15) is 0 Å². The minimum absolute atomic E-state index is 0.807. The Morgan fingerprint density at radius 1 is 1.37 bits per heavy atom. The fraction of sp³-hybridized carbons (Fsp3) is 0.438. The molecule has 1 aromatic carbocycles. The van der Waals surface area contributed by atoms with Crippen LogP contribution in [0.5, 0.6) is 0 Å². The van der Waals surface area contributed by atoms with Crippen LogP contribution in [0.15, 0.2) is 36.7 Å². The number of hydrogen-bond acceptors (Lipinski definition) is 3. The van der Waals surface area contributed by atoms with Gasteiger partial charge in [-0.3, -0.25) is 4.98 Å². The van der Waals surface area contributed by atoms with Crippen molar-refractivity contribution in [3.8, 4) is 0 Å². The van der Waals surface area contributed by atoms with E-state index in [1.165, 1.54) is 42.4 Å². The van der Waals surface area contributed by atoms with Gasteiger partial charge in [0.2, 0.25) is 0 Å². The topological polar surface area (TPSA) is 28.2 Å². The molecule has 1 aliphatic heterocycles. The number of pyridine rings is 1. The minimum Gasteiger partial charge on any atom is -0.316 e. The van der Waals surface area contributed by atoms with Crippen molar-refractivity contribution in [1.82, 2.24) is 15.2 Å². The highest BCUT2D eigenvalue weighted by Gasteiger charge is 2.16. The SMILES string of the molecule is CN(Cc1cccc2cnccc12)C[C@@H]1CCNC1. The van der Waals surface area contributed by atoms with Gasteiger partial charge in [0, 0.05) is 30.9 Å². The van der Waals surface area contributed by atoms with Crippen molar-refractivity contribution in [3.05, 3.63) is 42.2 Å². The number of aromatic nitrogens is 1. The standard InChI is InChI=1S/C16H21N3/c1-19(11-13-5-7-17-9-13)12-15-4-2-3-14-10-18-8-6-16(14)15/h2-4,6,8,10,13,17H,5,7,9,11-12H2,1H3/t13-/m1/s1. The molecule has 3 nitrogen and oxygen atoms in total. The fourth-order valence-corrected chi connectivity index (χ4v) is 2.99. The second-order valence-corrected chi connectivity index (χ2v) is 5.57. The lowest BCUT2D eigenvalue weighted by atomic mass is 10.1. The lowest BCUT2D eigenvalue weighted by Gasteiger charge is -2.21. The van der Waals surface area contributed by atoms with Crippen molar-refractivity contribution in [2.75, 3.05) is 26.7 Å². The summed E-state index contributed by atoms with van der Waals surface area (Å²) in [4.78, 5) is 6.63. The predicted molar refractivity (Wildman–Crippen MR) is 79.1 cm³/mol. The van der Waals surface area contributed by atoms with Crippen LogP contribution < -0.4 is 5.32 Å². The van der Waals surface area contributed by atoms with Gasteiger partial charge >= 0.3 is 0 Å². The number of fused-ring (bicyclic) bond motifs is 1. The molecule has 0 saturated carbocycles. The number of hydrogen-bond donors (Lipinski definition) is 1. The van der Waals surface area contributed by atoms with Gasteiger partial charge in [-0.25, -0.2) is 0 Å². The second-order valence-electron chi connectivity index (χ2n) is 5.57. The molecular formula is C16H21N3. The molecule has 3 rings (SSSR count). The van der Waals surface area contributed by atoms with Gasteiger partial charge in [0.05, 0.1) is 0 Å². The maximum atomic E-state index is 4.19. The third kappa shape index (κ3) is 2.94. The van der Waals surface area contributed by atoms with Gasteiger partial charge in [-0.15, -0.1) is 0 Å². The van der Waals surface area contributed by atoms with Gasteiger partial charge in [0.25, 0.3) is 0 Å². The van der Waals surface area contributed by atoms with Crippen molar-refractivity contribution in [1.29, 1.82) is 0 Å². The Morgan fingerprint density at radius 3 is 3.16 bits per heavy atom. The van der Waals surface area contributed by atoms with Crippen molar-refractivity contribution >= 4 is 10.8 Å². The quantitative estimate of drug-likeness (QED) is 0.908. The summed E-state index contributed by atoms with van der Waals surface area (Å²) in [6.07, 6.45) is 5.14. The number of benzene rings is 1. The first-order valence-corrected chi connectivity index (χ1v) is 7.04. The van der Waals surface area contributed by atoms with Gasteiger partial charge < -0.3 is 10.2 Å². The fourth-order valence-electron chi connectivity index (χ4n) is 2.99. The Bertz CT molecular complexity index is 541. The minimum atomic E-state index is 0.807. The average Bonchev–Trinajstić information content (AvgIpc) is 2.92. The van der Waals surface area contributed by atoms with Gasteiger partial charge in [0.1, 0.15) is 0 Å². The van der Waals surface area contributed by atoms with Crippen LogP contribution in [0.25, 0.3) is 10.8 Å². The van der Waals surface area contributed by atoms with Gasteiger partial charge in [-0.1, -0.05) is 18.2 Å². The lowest BCUT2D eigenvalue weighted by Crippen LogP contribution is -2.26. The highest BCUT2D eigenvalue weighted by molar-refractivity contribution is 5.84. The maximum Gasteiger partial charge on any atom is 0.0346 e. The monoisotopic (exact) mass is 255 g/mol. The first kappa shape index (κ1) is 12.6. The molecule has 100 valence electrons. The molecule has 3 heteroatoms. The third-order valence-electron chi connectivity index (χ3n) is 3.94. The zero-order valence-electron chi connectivity index (χ0n) is 11.5. The smallest absolute Gasteiger partial charge is 0.0346 e. The largest absolute Gasteiger partial charge is 0.316 e. The van der Waals surface area contributed by atoms with Crippen molar-refractivity contribution < 1.29 is 0 Å². The summed E-state index contributed by atoms with van der Waals surface area (Å²) in [5, 5.41) is 6.00. The molecule has 2 heterocycles. The average molecular weight is 255 g/mol. The summed E-state index contributed by atoms with van der Waals surface area (Å²) < 4.78 is 0. The summed E-state index contributed by atoms with van der Waals surface area (Å²) in [5.41, 5.74) is 1.40. The molecule has 1 saturated heterocycles. The summed E-state index contributed by atoms with van der Waals surface area (Å²) in [6.45, 7) is 4.54. The van der Waals surface area contributed by atoms with Crippen LogP contribution in [0.4, 0.5) is 0 Å². The van der Waals surface area contributed by atoms with E-state index in [4.69, 9.17) is 0 Å². The van der Waals surface area contributed by atoms with Crippen LogP contribution in [0.1, 0.15) is 12.0 Å². The number of rotatable bonds is 4. The molecule has 1 N–H and O–H groups in total. The normalized spacial score (nSPS) is 19.4. The molecule has 1 aromatic heterocycles. The molecular weight excluding hydrogens is 234 g/mol. The van der Waals surface area contributed by atoms with Gasteiger partial charge in [0.15, 0.2) is 0 Å². The highest BCUT2D eigenvalue weighted by Crippen LogP contribution is 2.19. The Labute approximate surface area is 114 Å². The summed E-state index contributed by atoms with van der Waals surface area (Å²) in [6, 6.07) is 8.61. The Morgan fingerprint density at radius 2 is 2.32 bits per heavy atom. The molecule has 2 aromatic rings. The highest BCUT2D eigenvalue weighted by atomic mass is 15.1. The van der Waals surface area contributed by atoms with Gasteiger partial charge in [-0.05, 0) is 49.5 Å². The Balaban J connectivity index is 1.73. The molecule has 19 heavy (non-hydrogen) atoms. The molecule has 0 amide bonds. The zero-order chi connectivity index (χ0) is 13.1. The first-order chi connectivity index (χ1) is 9.33. The van der Waals surface area contributed by atoms with E-state index in [0.717, 1.165) is 12.5 Å². The van der Waals surface area contributed by atoms with Gasteiger partial charge in [-0.2, -0.15) is 0 Å². The van der Waals surface area contributed by atoms with Crippen LogP contribution >= 0.6 is 0 Å². The lowest BCUT2D eigenvalue weighted by molar-refractivity contribution is 0.279. The molecule has 0 radical (unpaired) electrons. The summed E-state index contributed by atoms with van der Waals surface area (Å²) in [7, 11) is 2.22. The van der Waals surface area contributed by atoms with E-state index in [0.29, 0.717) is 0 Å². The van der Waals surface area contributed by atoms with Crippen LogP contribution in [-0.2, 0) is 6.54 Å². The maximum absolute atomic E-state index is 4.19. The number of nitrogens with one attached hydrogen (secondary N) is 1. The molecule has 0 bridgehead atoms. The molecule has 1 aliphatic rings.